The molecule has 27 heavy (non-hydrogen) atoms. The lowest BCUT2D eigenvalue weighted by atomic mass is 10.1. The first-order valence-electron chi connectivity index (χ1n) is 9.03. The fourth-order valence-corrected chi connectivity index (χ4v) is 2.87. The van der Waals surface area contributed by atoms with Crippen molar-refractivity contribution in [2.75, 3.05) is 11.9 Å². The minimum Gasteiger partial charge on any atom is -0.350 e. The molecule has 0 fully saturated rings. The van der Waals surface area contributed by atoms with Crippen LogP contribution in [0.5, 0.6) is 0 Å². The summed E-state index contributed by atoms with van der Waals surface area (Å²) in [5, 5.41) is 6.14. The number of carbonyl (C=O) groups is 1. The lowest BCUT2D eigenvalue weighted by Gasteiger charge is -2.11. The largest absolute Gasteiger partial charge is 0.350 e. The Hall–Kier alpha value is -3.21. The Morgan fingerprint density at radius 1 is 0.963 bits per heavy atom. The highest BCUT2D eigenvalue weighted by atomic mass is 16.1. The summed E-state index contributed by atoms with van der Waals surface area (Å²) in [6.07, 6.45) is 0.782. The number of carbonyl (C=O) groups excluding carboxylic acids is 1. The van der Waals surface area contributed by atoms with Crippen LogP contribution in [0.1, 0.15) is 32.9 Å². The molecule has 5 nitrogen and oxygen atoms in total. The molecule has 5 heteroatoms. The van der Waals surface area contributed by atoms with Crippen molar-refractivity contribution in [2.45, 2.75) is 27.2 Å². The van der Waals surface area contributed by atoms with Gasteiger partial charge in [0.25, 0.3) is 5.91 Å². The third kappa shape index (κ3) is 5.14. The average Bonchev–Trinajstić information content (AvgIpc) is 2.64. The summed E-state index contributed by atoms with van der Waals surface area (Å²) in [6, 6.07) is 17.9. The third-order valence-corrected chi connectivity index (χ3v) is 4.26. The first kappa shape index (κ1) is 18.6. The van der Waals surface area contributed by atoms with Crippen LogP contribution in [-0.2, 0) is 6.42 Å². The second-order valence-electron chi connectivity index (χ2n) is 6.65. The van der Waals surface area contributed by atoms with E-state index in [0.29, 0.717) is 18.2 Å². The second-order valence-corrected chi connectivity index (χ2v) is 6.65. The van der Waals surface area contributed by atoms with Gasteiger partial charge in [0.15, 0.2) is 0 Å². The summed E-state index contributed by atoms with van der Waals surface area (Å²) in [4.78, 5) is 21.3. The summed E-state index contributed by atoms with van der Waals surface area (Å²) < 4.78 is 0. The number of hydrogen-bond acceptors (Lipinski definition) is 4. The van der Waals surface area contributed by atoms with Crippen molar-refractivity contribution < 1.29 is 4.79 Å². The van der Waals surface area contributed by atoms with Gasteiger partial charge in [0, 0.05) is 17.9 Å². The van der Waals surface area contributed by atoms with Gasteiger partial charge < -0.3 is 10.6 Å². The van der Waals surface area contributed by atoms with Crippen LogP contribution >= 0.6 is 0 Å². The SMILES string of the molecule is Cc1ccc(Nc2nc(C)cc(C(=O)NCCc3ccccc3)n2)c(C)c1. The first-order chi connectivity index (χ1) is 13.0. The summed E-state index contributed by atoms with van der Waals surface area (Å²) >= 11 is 0. The number of hydrogen-bond donors (Lipinski definition) is 2. The number of nitrogens with one attached hydrogen (secondary N) is 2. The molecule has 1 aromatic heterocycles. The van der Waals surface area contributed by atoms with Gasteiger partial charge in [0.1, 0.15) is 5.69 Å². The Morgan fingerprint density at radius 3 is 2.48 bits per heavy atom. The van der Waals surface area contributed by atoms with Crippen molar-refractivity contribution in [3.05, 3.63) is 82.7 Å². The first-order valence-corrected chi connectivity index (χ1v) is 9.03. The van der Waals surface area contributed by atoms with Crippen molar-refractivity contribution >= 4 is 17.5 Å². The van der Waals surface area contributed by atoms with Crippen LogP contribution in [-0.4, -0.2) is 22.4 Å². The molecule has 0 saturated heterocycles. The smallest absolute Gasteiger partial charge is 0.270 e. The monoisotopic (exact) mass is 360 g/mol. The maximum Gasteiger partial charge on any atom is 0.270 e. The van der Waals surface area contributed by atoms with Crippen LogP contribution in [0.2, 0.25) is 0 Å². The van der Waals surface area contributed by atoms with E-state index in [0.717, 1.165) is 23.4 Å². The van der Waals surface area contributed by atoms with Crippen molar-refractivity contribution in [3.8, 4) is 0 Å². The second kappa shape index (κ2) is 8.45. The van der Waals surface area contributed by atoms with Crippen molar-refractivity contribution in [1.82, 2.24) is 15.3 Å². The van der Waals surface area contributed by atoms with Crippen LogP contribution in [0.25, 0.3) is 0 Å². The Bertz CT molecular complexity index is 938. The van der Waals surface area contributed by atoms with Gasteiger partial charge in [0.2, 0.25) is 5.95 Å². The van der Waals surface area contributed by atoms with Crippen LogP contribution in [0.3, 0.4) is 0 Å². The molecule has 0 aliphatic heterocycles. The van der Waals surface area contributed by atoms with E-state index in [1.807, 2.05) is 56.3 Å². The molecular formula is C22H24N4O. The van der Waals surface area contributed by atoms with Gasteiger partial charge in [-0.2, -0.15) is 0 Å². The van der Waals surface area contributed by atoms with Gasteiger partial charge >= 0.3 is 0 Å². The number of rotatable bonds is 6. The zero-order valence-electron chi connectivity index (χ0n) is 15.9. The highest BCUT2D eigenvalue weighted by Gasteiger charge is 2.11. The van der Waals surface area contributed by atoms with E-state index in [9.17, 15) is 4.79 Å². The van der Waals surface area contributed by atoms with E-state index < -0.39 is 0 Å². The zero-order chi connectivity index (χ0) is 19.2. The molecule has 1 heterocycles. The molecule has 138 valence electrons. The molecule has 0 spiro atoms. The minimum atomic E-state index is -0.194. The van der Waals surface area contributed by atoms with Gasteiger partial charge in [-0.15, -0.1) is 0 Å². The van der Waals surface area contributed by atoms with E-state index in [2.05, 4.69) is 33.6 Å². The lowest BCUT2D eigenvalue weighted by Crippen LogP contribution is -2.27. The van der Waals surface area contributed by atoms with Crippen molar-refractivity contribution in [3.63, 3.8) is 0 Å². The zero-order valence-corrected chi connectivity index (χ0v) is 15.9. The molecule has 0 aliphatic rings. The number of aromatic nitrogens is 2. The Labute approximate surface area is 159 Å². The Morgan fingerprint density at radius 2 is 1.74 bits per heavy atom. The van der Waals surface area contributed by atoms with E-state index >= 15 is 0 Å². The fourth-order valence-electron chi connectivity index (χ4n) is 2.87. The summed E-state index contributed by atoms with van der Waals surface area (Å²) in [5.41, 5.74) is 5.53. The number of aryl methyl sites for hydroxylation is 3. The molecule has 0 radical (unpaired) electrons. The van der Waals surface area contributed by atoms with Crippen LogP contribution in [0, 0.1) is 20.8 Å². The molecule has 0 unspecified atom stereocenters. The topological polar surface area (TPSA) is 66.9 Å². The molecule has 0 saturated carbocycles. The van der Waals surface area contributed by atoms with Gasteiger partial charge in [-0.25, -0.2) is 9.97 Å². The maximum atomic E-state index is 12.5. The van der Waals surface area contributed by atoms with Gasteiger partial charge in [0.05, 0.1) is 0 Å². The molecule has 3 aromatic rings. The Balaban J connectivity index is 1.67. The molecule has 0 atom stereocenters. The summed E-state index contributed by atoms with van der Waals surface area (Å²) in [7, 11) is 0. The van der Waals surface area contributed by atoms with Gasteiger partial charge in [-0.3, -0.25) is 4.79 Å². The maximum absolute atomic E-state index is 12.5. The molecule has 2 aromatic carbocycles. The minimum absolute atomic E-state index is 0.194. The number of amides is 1. The predicted octanol–water partition coefficient (Wildman–Crippen LogP) is 4.12. The van der Waals surface area contributed by atoms with Crippen molar-refractivity contribution in [1.29, 1.82) is 0 Å². The highest BCUT2D eigenvalue weighted by Crippen LogP contribution is 2.19. The van der Waals surface area contributed by atoms with Gasteiger partial charge in [-0.05, 0) is 50.5 Å². The molecule has 0 bridgehead atoms. The number of benzene rings is 2. The van der Waals surface area contributed by atoms with Crippen LogP contribution in [0.15, 0.2) is 54.6 Å². The van der Waals surface area contributed by atoms with Crippen LogP contribution < -0.4 is 10.6 Å². The quantitative estimate of drug-likeness (QED) is 0.694. The molecule has 0 aliphatic carbocycles. The van der Waals surface area contributed by atoms with E-state index in [-0.39, 0.29) is 5.91 Å². The van der Waals surface area contributed by atoms with E-state index in [1.54, 1.807) is 6.07 Å². The molecule has 3 rings (SSSR count). The average molecular weight is 360 g/mol. The lowest BCUT2D eigenvalue weighted by molar-refractivity contribution is 0.0949. The van der Waals surface area contributed by atoms with Gasteiger partial charge in [-0.1, -0.05) is 48.0 Å². The highest BCUT2D eigenvalue weighted by molar-refractivity contribution is 5.92. The number of nitrogens with zero attached hydrogens (tertiary/aromatic N) is 2. The standard InChI is InChI=1S/C22H24N4O/c1-15-9-10-19(16(2)13-15)25-22-24-17(3)14-20(26-22)21(27)23-12-11-18-7-5-4-6-8-18/h4-10,13-14H,11-12H2,1-3H3,(H,23,27)(H,24,25,26). The summed E-state index contributed by atoms with van der Waals surface area (Å²) in [5.74, 6) is 0.232. The molecule has 1 amide bonds. The Kier molecular flexibility index (Phi) is 5.81. The molecule has 2 N–H and O–H groups in total. The predicted molar refractivity (Wildman–Crippen MR) is 108 cm³/mol. The summed E-state index contributed by atoms with van der Waals surface area (Å²) in [6.45, 7) is 6.50. The third-order valence-electron chi connectivity index (χ3n) is 4.26. The van der Waals surface area contributed by atoms with E-state index in [4.69, 9.17) is 0 Å². The van der Waals surface area contributed by atoms with E-state index in [1.165, 1.54) is 11.1 Å². The number of anilines is 2. The normalized spacial score (nSPS) is 10.5. The fraction of sp³-hybridized carbons (Fsp3) is 0.227. The van der Waals surface area contributed by atoms with Crippen LogP contribution in [0.4, 0.5) is 11.6 Å². The van der Waals surface area contributed by atoms with Crippen molar-refractivity contribution in [2.24, 2.45) is 0 Å². The molecular weight excluding hydrogens is 336 g/mol.